The normalized spacial score (nSPS) is 18.1. The minimum Gasteiger partial charge on any atom is -0.477 e. The van der Waals surface area contributed by atoms with E-state index in [2.05, 4.69) is 20.2 Å². The maximum atomic E-state index is 15.2. The van der Waals surface area contributed by atoms with Crippen LogP contribution < -0.4 is 11.1 Å². The molecule has 0 aliphatic carbocycles. The van der Waals surface area contributed by atoms with Gasteiger partial charge >= 0.3 is 5.97 Å². The zero-order valence-electron chi connectivity index (χ0n) is 42.1. The number of carboxylic acids is 1. The Kier molecular flexibility index (Phi) is 22.5. The Hall–Kier alpha value is -6.24. The van der Waals surface area contributed by atoms with E-state index in [4.69, 9.17) is 5.73 Å². The fraction of sp³-hybridized carbons (Fsp3) is 0.439. The van der Waals surface area contributed by atoms with E-state index in [1.807, 2.05) is 73.9 Å². The lowest BCUT2D eigenvalue weighted by Crippen LogP contribution is -2.55. The number of carboxylic acid groups (broad SMARTS) is 1. The second kappa shape index (κ2) is 28.4. The van der Waals surface area contributed by atoms with Crippen molar-refractivity contribution in [2.45, 2.75) is 122 Å². The highest BCUT2D eigenvalue weighted by Gasteiger charge is 2.37. The predicted molar refractivity (Wildman–Crippen MR) is 282 cm³/mol. The van der Waals surface area contributed by atoms with Gasteiger partial charge in [-0.2, -0.15) is 0 Å². The molecule has 8 rings (SSSR count). The SMILES string of the molecule is C.CCC(O)CCN[C@H](CCN)C(C)F.C[C@@H](c1ccccc1-c1ccc(F)cc1)n1cncc1C(=O)N1CC[C@@H](N2CCC(O)CC2)[C@@H](F)C1.C[C@@H](c1ccccc1-c1ccc(F)cc1)n1cncc1C(=O)O. The number of nitrogens with zero attached hydrogens (tertiary/aromatic N) is 6. The van der Waals surface area contributed by atoms with E-state index in [0.29, 0.717) is 70.5 Å². The number of nitrogens with two attached hydrogens (primary N) is 1. The summed E-state index contributed by atoms with van der Waals surface area (Å²) in [5.41, 5.74) is 11.5. The molecule has 0 bridgehead atoms. The number of hydrogen-bond donors (Lipinski definition) is 5. The molecule has 2 aliphatic heterocycles. The van der Waals surface area contributed by atoms with Crippen LogP contribution in [0.5, 0.6) is 0 Å². The highest BCUT2D eigenvalue weighted by molar-refractivity contribution is 5.92. The van der Waals surface area contributed by atoms with Gasteiger partial charge in [0.1, 0.15) is 35.4 Å². The lowest BCUT2D eigenvalue weighted by atomic mass is 9.95. The fourth-order valence-electron chi connectivity index (χ4n) is 9.55. The number of amides is 1. The first-order chi connectivity index (χ1) is 35.1. The van der Waals surface area contributed by atoms with E-state index in [1.54, 1.807) is 46.3 Å². The molecule has 4 aromatic carbocycles. The highest BCUT2D eigenvalue weighted by atomic mass is 19.1. The molecule has 17 heteroatoms. The number of aliphatic hydroxyl groups is 2. The maximum Gasteiger partial charge on any atom is 0.354 e. The zero-order valence-corrected chi connectivity index (χ0v) is 42.1. The number of carbonyl (C=O) groups excluding carboxylic acids is 1. The largest absolute Gasteiger partial charge is 0.477 e. The standard InChI is InChI=1S/C28H32F2N4O2.C18H15FN2O2.C10H23FN2O.CH4/c1-19(23-4-2-3-5-24(23)20-6-8-21(29)9-7-20)34-18-31-16-27(34)28(36)33-15-12-26(25(30)17-33)32-13-10-22(35)11-14-32;1-12(21-11-20-10-17(21)18(22)23)15-4-2-3-5-16(15)13-6-8-14(19)9-7-13;1-3-9(14)5-7-13-10(4-6-12)8(2)11;/h2-9,16,18-19,22,25-26,35H,10-15,17H2,1H3;2-12H,1H3,(H,22,23);8-10,13-14H,3-7,12H2,1-2H3;1H4/t19-,25-,26+;12-;8?,9?,10-;/m001./s1. The molecule has 2 aliphatic rings. The number of aliphatic hydroxyl groups excluding tert-OH is 2. The first kappa shape index (κ1) is 58.6. The summed E-state index contributed by atoms with van der Waals surface area (Å²) < 4.78 is 58.3. The Balaban J connectivity index is 0.000000229. The number of benzene rings is 4. The van der Waals surface area contributed by atoms with Gasteiger partial charge in [-0.3, -0.25) is 9.69 Å². The molecule has 4 heterocycles. The summed E-state index contributed by atoms with van der Waals surface area (Å²) in [4.78, 5) is 36.7. The van der Waals surface area contributed by atoms with Crippen LogP contribution in [0.2, 0.25) is 0 Å². The minimum absolute atomic E-state index is 0. The van der Waals surface area contributed by atoms with Crippen LogP contribution in [0.4, 0.5) is 17.6 Å². The smallest absolute Gasteiger partial charge is 0.354 e. The molecule has 0 saturated carbocycles. The zero-order chi connectivity index (χ0) is 52.6. The summed E-state index contributed by atoms with van der Waals surface area (Å²) in [5, 5.41) is 31.4. The Morgan fingerprint density at radius 2 is 1.26 bits per heavy atom. The second-order valence-electron chi connectivity index (χ2n) is 18.8. The molecule has 13 nitrogen and oxygen atoms in total. The van der Waals surface area contributed by atoms with Gasteiger partial charge in [-0.25, -0.2) is 32.3 Å². The summed E-state index contributed by atoms with van der Waals surface area (Å²) in [6, 6.07) is 27.3. The molecule has 2 unspecified atom stereocenters. The summed E-state index contributed by atoms with van der Waals surface area (Å²) in [6.45, 7) is 10.4. The summed E-state index contributed by atoms with van der Waals surface area (Å²) in [7, 11) is 0. The van der Waals surface area contributed by atoms with Gasteiger partial charge in [-0.15, -0.1) is 0 Å². The van der Waals surface area contributed by atoms with Crippen LogP contribution in [0.1, 0.15) is 118 Å². The Morgan fingerprint density at radius 1 is 0.757 bits per heavy atom. The number of nitrogens with one attached hydrogen (secondary N) is 1. The number of piperidine rings is 2. The Labute approximate surface area is 433 Å². The molecule has 6 aromatic rings. The summed E-state index contributed by atoms with van der Waals surface area (Å²) in [5.74, 6) is -1.83. The van der Waals surface area contributed by atoms with Gasteiger partial charge in [0.15, 0.2) is 0 Å². The predicted octanol–water partition coefficient (Wildman–Crippen LogP) is 9.75. The van der Waals surface area contributed by atoms with Crippen molar-refractivity contribution < 1.29 is 42.5 Å². The van der Waals surface area contributed by atoms with Crippen molar-refractivity contribution in [3.63, 3.8) is 0 Å². The third kappa shape index (κ3) is 15.4. The molecule has 74 heavy (non-hydrogen) atoms. The average Bonchev–Trinajstić information content (AvgIpc) is 4.11. The third-order valence-corrected chi connectivity index (χ3v) is 13.9. The number of halogens is 4. The van der Waals surface area contributed by atoms with E-state index >= 15 is 4.39 Å². The van der Waals surface area contributed by atoms with Gasteiger partial charge in [-0.05, 0) is 130 Å². The third-order valence-electron chi connectivity index (χ3n) is 13.9. The average molecular weight is 1030 g/mol. The van der Waals surface area contributed by atoms with Gasteiger partial charge in [-0.1, -0.05) is 87.1 Å². The van der Waals surface area contributed by atoms with Crippen LogP contribution in [0.3, 0.4) is 0 Å². The monoisotopic (exact) mass is 1030 g/mol. The molecule has 400 valence electrons. The number of aromatic nitrogens is 4. The van der Waals surface area contributed by atoms with Gasteiger partial charge < -0.3 is 40.4 Å². The number of carbonyl (C=O) groups is 2. The molecule has 6 N–H and O–H groups in total. The fourth-order valence-corrected chi connectivity index (χ4v) is 9.55. The number of alkyl halides is 2. The summed E-state index contributed by atoms with van der Waals surface area (Å²) >= 11 is 0. The number of imidazole rings is 2. The molecule has 1 amide bonds. The molecule has 2 aromatic heterocycles. The molecule has 2 fully saturated rings. The van der Waals surface area contributed by atoms with Crippen molar-refractivity contribution in [2.75, 3.05) is 39.3 Å². The minimum atomic E-state index is -1.13. The van der Waals surface area contributed by atoms with Crippen LogP contribution in [0, 0.1) is 11.6 Å². The molecule has 2 saturated heterocycles. The van der Waals surface area contributed by atoms with Crippen LogP contribution in [-0.2, 0) is 0 Å². The molecular weight excluding hydrogens is 953 g/mol. The van der Waals surface area contributed by atoms with Crippen LogP contribution >= 0.6 is 0 Å². The van der Waals surface area contributed by atoms with Gasteiger partial charge in [0.2, 0.25) is 0 Å². The maximum absolute atomic E-state index is 15.2. The topological polar surface area (TPSA) is 175 Å². The molecule has 0 radical (unpaired) electrons. The van der Waals surface area contributed by atoms with E-state index in [0.717, 1.165) is 39.8 Å². The number of rotatable bonds is 17. The first-order valence-corrected chi connectivity index (χ1v) is 25.2. The van der Waals surface area contributed by atoms with Crippen molar-refractivity contribution in [3.8, 4) is 22.3 Å². The molecular formula is C57H74F4N8O5. The van der Waals surface area contributed by atoms with Crippen molar-refractivity contribution in [2.24, 2.45) is 5.73 Å². The van der Waals surface area contributed by atoms with Gasteiger partial charge in [0, 0.05) is 31.7 Å². The van der Waals surface area contributed by atoms with Crippen LogP contribution in [0.15, 0.2) is 122 Å². The number of aromatic carboxylic acids is 1. The number of likely N-dealkylation sites (tertiary alicyclic amines) is 2. The van der Waals surface area contributed by atoms with E-state index in [1.165, 1.54) is 43.7 Å². The summed E-state index contributed by atoms with van der Waals surface area (Å²) in [6.07, 6.45) is 7.39. The lowest BCUT2D eigenvalue weighted by molar-refractivity contribution is 0.000844. The van der Waals surface area contributed by atoms with Gasteiger partial charge in [0.05, 0.1) is 55.9 Å². The van der Waals surface area contributed by atoms with Gasteiger partial charge in [0.25, 0.3) is 5.91 Å². The van der Waals surface area contributed by atoms with E-state index < -0.39 is 18.3 Å². The van der Waals surface area contributed by atoms with Crippen molar-refractivity contribution >= 4 is 11.9 Å². The first-order valence-electron chi connectivity index (χ1n) is 25.2. The molecule has 0 spiro atoms. The van der Waals surface area contributed by atoms with E-state index in [-0.39, 0.29) is 73.6 Å². The van der Waals surface area contributed by atoms with Crippen molar-refractivity contribution in [1.82, 2.24) is 34.2 Å². The second-order valence-corrected chi connectivity index (χ2v) is 18.8. The van der Waals surface area contributed by atoms with E-state index in [9.17, 15) is 38.1 Å². The van der Waals surface area contributed by atoms with Crippen molar-refractivity contribution in [3.05, 3.63) is 156 Å². The number of hydrogen-bond acceptors (Lipinski definition) is 9. The van der Waals surface area contributed by atoms with Crippen LogP contribution in [0.25, 0.3) is 22.3 Å². The Bertz CT molecular complexity index is 2640. The Morgan fingerprint density at radius 3 is 1.73 bits per heavy atom. The lowest BCUT2D eigenvalue weighted by Gasteiger charge is -2.42. The molecule has 7 atom stereocenters. The quantitative estimate of drug-likeness (QED) is 0.0554. The highest BCUT2D eigenvalue weighted by Crippen LogP contribution is 2.33. The van der Waals surface area contributed by atoms with Crippen LogP contribution in [-0.4, -0.2) is 132 Å². The van der Waals surface area contributed by atoms with Crippen molar-refractivity contribution in [1.29, 1.82) is 0 Å².